The van der Waals surface area contributed by atoms with Crippen molar-refractivity contribution in [2.24, 2.45) is 5.10 Å². The predicted molar refractivity (Wildman–Crippen MR) is 130 cm³/mol. The van der Waals surface area contributed by atoms with E-state index in [4.69, 9.17) is 14.2 Å². The summed E-state index contributed by atoms with van der Waals surface area (Å²) in [5.74, 6) is 1.25. The van der Waals surface area contributed by atoms with E-state index >= 15 is 0 Å². The summed E-state index contributed by atoms with van der Waals surface area (Å²) in [6.07, 6.45) is 5.79. The molecule has 0 radical (unpaired) electrons. The lowest BCUT2D eigenvalue weighted by Crippen LogP contribution is -2.32. The van der Waals surface area contributed by atoms with E-state index in [1.54, 1.807) is 38.3 Å². The maximum atomic E-state index is 13.1. The first-order valence-corrected chi connectivity index (χ1v) is 11.9. The number of nitrogens with zero attached hydrogens (tertiary/aromatic N) is 2. The molecule has 2 aromatic rings. The number of hydrogen-bond donors (Lipinski definition) is 1. The Morgan fingerprint density at radius 1 is 1.06 bits per heavy atom. The van der Waals surface area contributed by atoms with Crippen LogP contribution < -0.4 is 14.8 Å². The highest BCUT2D eigenvalue weighted by Gasteiger charge is 2.23. The largest absolute Gasteiger partial charge is 0.493 e. The normalized spacial score (nSPS) is 16.1. The number of benzene rings is 2. The van der Waals surface area contributed by atoms with Gasteiger partial charge in [0.1, 0.15) is 0 Å². The van der Waals surface area contributed by atoms with Crippen molar-refractivity contribution in [1.82, 2.24) is 5.01 Å². The van der Waals surface area contributed by atoms with Gasteiger partial charge >= 0.3 is 6.09 Å². The molecule has 2 aliphatic rings. The van der Waals surface area contributed by atoms with Crippen LogP contribution in [0.15, 0.2) is 47.6 Å². The van der Waals surface area contributed by atoms with Gasteiger partial charge in [-0.3, -0.25) is 10.1 Å². The van der Waals surface area contributed by atoms with Crippen LogP contribution in [0.1, 0.15) is 61.4 Å². The number of rotatable bonds is 7. The third kappa shape index (κ3) is 5.68. The second-order valence-electron chi connectivity index (χ2n) is 8.39. The SMILES string of the molecule is CCOC(=O)Nc1ccc(C(=O)N2CCCC(c3ccc(OC)c(OC4CCCC4)c3)=N2)cc1. The molecule has 0 saturated heterocycles. The van der Waals surface area contributed by atoms with E-state index in [0.29, 0.717) is 30.2 Å². The molecule has 0 spiro atoms. The lowest BCUT2D eigenvalue weighted by atomic mass is 10.0. The summed E-state index contributed by atoms with van der Waals surface area (Å²) >= 11 is 0. The van der Waals surface area contributed by atoms with Crippen molar-refractivity contribution in [1.29, 1.82) is 0 Å². The van der Waals surface area contributed by atoms with E-state index < -0.39 is 6.09 Å². The number of anilines is 1. The first-order chi connectivity index (χ1) is 16.6. The molecule has 1 fully saturated rings. The third-order valence-electron chi connectivity index (χ3n) is 6.01. The number of methoxy groups -OCH3 is 1. The quantitative estimate of drug-likeness (QED) is 0.605. The highest BCUT2D eigenvalue weighted by Crippen LogP contribution is 2.33. The van der Waals surface area contributed by atoms with Gasteiger partial charge in [0.15, 0.2) is 11.5 Å². The van der Waals surface area contributed by atoms with Gasteiger partial charge in [0.25, 0.3) is 5.91 Å². The number of carbonyl (C=O) groups excluding carboxylic acids is 2. The number of amides is 2. The van der Waals surface area contributed by atoms with Gasteiger partial charge in [0.05, 0.1) is 25.5 Å². The Morgan fingerprint density at radius 3 is 2.53 bits per heavy atom. The number of hydrazone groups is 1. The van der Waals surface area contributed by atoms with Crippen LogP contribution in [0.2, 0.25) is 0 Å². The summed E-state index contributed by atoms with van der Waals surface area (Å²) in [6.45, 7) is 2.58. The molecule has 1 saturated carbocycles. The standard InChI is InChI=1S/C26H31N3O5/c1-3-33-26(31)27-20-13-10-18(11-14-20)25(30)29-16-6-9-22(28-29)19-12-15-23(32-2)24(17-19)34-21-7-4-5-8-21/h10-15,17,21H,3-9,16H2,1-2H3,(H,27,31). The molecule has 8 nitrogen and oxygen atoms in total. The molecule has 2 amide bonds. The zero-order valence-electron chi connectivity index (χ0n) is 19.7. The van der Waals surface area contributed by atoms with E-state index in [1.807, 2.05) is 18.2 Å². The van der Waals surface area contributed by atoms with Gasteiger partial charge in [-0.05, 0) is 87.9 Å². The monoisotopic (exact) mass is 465 g/mol. The molecule has 34 heavy (non-hydrogen) atoms. The molecule has 180 valence electrons. The molecule has 8 heteroatoms. The van der Waals surface area contributed by atoms with Crippen LogP contribution in [-0.2, 0) is 4.74 Å². The molecule has 0 bridgehead atoms. The third-order valence-corrected chi connectivity index (χ3v) is 6.01. The summed E-state index contributed by atoms with van der Waals surface area (Å²) in [5.41, 5.74) is 2.84. The molecule has 0 aromatic heterocycles. The van der Waals surface area contributed by atoms with Crippen molar-refractivity contribution >= 4 is 23.4 Å². The van der Waals surface area contributed by atoms with E-state index in [2.05, 4.69) is 10.4 Å². The molecule has 0 atom stereocenters. The Balaban J connectivity index is 1.49. The smallest absolute Gasteiger partial charge is 0.411 e. The van der Waals surface area contributed by atoms with Crippen molar-refractivity contribution in [3.05, 3.63) is 53.6 Å². The second-order valence-corrected chi connectivity index (χ2v) is 8.39. The van der Waals surface area contributed by atoms with Crippen LogP contribution in [0.5, 0.6) is 11.5 Å². The fourth-order valence-electron chi connectivity index (χ4n) is 4.26. The molecular formula is C26H31N3O5. The van der Waals surface area contributed by atoms with E-state index in [9.17, 15) is 9.59 Å². The lowest BCUT2D eigenvalue weighted by Gasteiger charge is -2.24. The highest BCUT2D eigenvalue weighted by atomic mass is 16.5. The zero-order valence-corrected chi connectivity index (χ0v) is 19.7. The van der Waals surface area contributed by atoms with Crippen LogP contribution in [0.25, 0.3) is 0 Å². The zero-order chi connectivity index (χ0) is 23.9. The molecule has 2 aromatic carbocycles. The molecule has 4 rings (SSSR count). The van der Waals surface area contributed by atoms with Crippen LogP contribution in [0.4, 0.5) is 10.5 Å². The Morgan fingerprint density at radius 2 is 1.82 bits per heavy atom. The van der Waals surface area contributed by atoms with Crippen molar-refractivity contribution < 1.29 is 23.8 Å². The summed E-state index contributed by atoms with van der Waals surface area (Å²) in [6, 6.07) is 12.5. The first kappa shape index (κ1) is 23.6. The minimum Gasteiger partial charge on any atom is -0.493 e. The fourth-order valence-corrected chi connectivity index (χ4v) is 4.26. The van der Waals surface area contributed by atoms with Gasteiger partial charge in [0, 0.05) is 23.4 Å². The van der Waals surface area contributed by atoms with E-state index in [0.717, 1.165) is 42.7 Å². The van der Waals surface area contributed by atoms with Crippen molar-refractivity contribution in [3.8, 4) is 11.5 Å². The van der Waals surface area contributed by atoms with Gasteiger partial charge < -0.3 is 14.2 Å². The van der Waals surface area contributed by atoms with Gasteiger partial charge in [-0.15, -0.1) is 0 Å². The van der Waals surface area contributed by atoms with Crippen LogP contribution in [0, 0.1) is 0 Å². The molecule has 0 unspecified atom stereocenters. The van der Waals surface area contributed by atoms with Crippen LogP contribution in [-0.4, -0.2) is 49.1 Å². The first-order valence-electron chi connectivity index (χ1n) is 11.9. The molecule has 1 N–H and O–H groups in total. The Hall–Kier alpha value is -3.55. The highest BCUT2D eigenvalue weighted by molar-refractivity contribution is 6.03. The number of nitrogens with one attached hydrogen (secondary N) is 1. The van der Waals surface area contributed by atoms with Crippen molar-refractivity contribution in [3.63, 3.8) is 0 Å². The average Bonchev–Trinajstić information content (AvgIpc) is 3.37. The van der Waals surface area contributed by atoms with Crippen LogP contribution in [0.3, 0.4) is 0 Å². The number of hydrogen-bond acceptors (Lipinski definition) is 6. The van der Waals surface area contributed by atoms with Crippen LogP contribution >= 0.6 is 0 Å². The van der Waals surface area contributed by atoms with E-state index in [1.165, 1.54) is 17.9 Å². The average molecular weight is 466 g/mol. The second kappa shape index (κ2) is 11.0. The minimum atomic E-state index is -0.525. The van der Waals surface area contributed by atoms with Gasteiger partial charge in [0.2, 0.25) is 0 Å². The maximum absolute atomic E-state index is 13.1. The molecule has 1 heterocycles. The molecule has 1 aliphatic heterocycles. The Labute approximate surface area is 199 Å². The van der Waals surface area contributed by atoms with Crippen molar-refractivity contribution in [2.45, 2.75) is 51.6 Å². The van der Waals surface area contributed by atoms with Gasteiger partial charge in [-0.1, -0.05) is 0 Å². The fraction of sp³-hybridized carbons (Fsp3) is 0.423. The Bertz CT molecular complexity index is 1040. The predicted octanol–water partition coefficient (Wildman–Crippen LogP) is 5.23. The topological polar surface area (TPSA) is 89.5 Å². The van der Waals surface area contributed by atoms with Gasteiger partial charge in [-0.25, -0.2) is 9.80 Å². The molecule has 1 aliphatic carbocycles. The summed E-state index contributed by atoms with van der Waals surface area (Å²) < 4.78 is 16.6. The van der Waals surface area contributed by atoms with Gasteiger partial charge in [-0.2, -0.15) is 5.10 Å². The lowest BCUT2D eigenvalue weighted by molar-refractivity contribution is 0.0751. The number of ether oxygens (including phenoxy) is 3. The van der Waals surface area contributed by atoms with E-state index in [-0.39, 0.29) is 12.0 Å². The number of carbonyl (C=O) groups is 2. The van der Waals surface area contributed by atoms with Crippen molar-refractivity contribution in [2.75, 3.05) is 25.6 Å². The molecular weight excluding hydrogens is 434 g/mol. The summed E-state index contributed by atoms with van der Waals surface area (Å²) in [7, 11) is 1.64. The summed E-state index contributed by atoms with van der Waals surface area (Å²) in [4.78, 5) is 24.6. The Kier molecular flexibility index (Phi) is 7.67. The minimum absolute atomic E-state index is 0.184. The summed E-state index contributed by atoms with van der Waals surface area (Å²) in [5, 5.41) is 8.80. The maximum Gasteiger partial charge on any atom is 0.411 e.